The highest BCUT2D eigenvalue weighted by molar-refractivity contribution is 7.09. The molecule has 0 unspecified atom stereocenters. The molecule has 0 amide bonds. The van der Waals surface area contributed by atoms with E-state index in [0.29, 0.717) is 12.1 Å². The van der Waals surface area contributed by atoms with Crippen LogP contribution in [0.15, 0.2) is 40.5 Å². The number of nitrogens with one attached hydrogen (secondary N) is 1. The number of aromatic amines is 1. The first-order valence-electron chi connectivity index (χ1n) is 5.77. The molecule has 0 fully saturated rings. The smallest absolute Gasteiger partial charge is 0.306 e. The normalized spacial score (nSPS) is 12.2. The van der Waals surface area contributed by atoms with Gasteiger partial charge in [0, 0.05) is 4.88 Å². The predicted octanol–water partition coefficient (Wildman–Crippen LogP) is 3.46. The van der Waals surface area contributed by atoms with Gasteiger partial charge in [-0.1, -0.05) is 6.07 Å². The molecule has 0 saturated carbocycles. The van der Waals surface area contributed by atoms with Crippen molar-refractivity contribution in [3.63, 3.8) is 0 Å². The van der Waals surface area contributed by atoms with Crippen LogP contribution >= 0.6 is 11.3 Å². The summed E-state index contributed by atoms with van der Waals surface area (Å²) >= 11 is 1.49. The number of aromatic nitrogens is 2. The summed E-state index contributed by atoms with van der Waals surface area (Å²) in [5, 5.41) is 1.89. The first-order chi connectivity index (χ1) is 9.45. The number of hydrogen-bond donors (Lipinski definition) is 1. The van der Waals surface area contributed by atoms with Gasteiger partial charge in [-0.3, -0.25) is 4.57 Å². The molecule has 1 N–H and O–H groups in total. The minimum atomic E-state index is -4.42. The van der Waals surface area contributed by atoms with E-state index in [1.54, 1.807) is 0 Å². The fourth-order valence-electron chi connectivity index (χ4n) is 2.06. The van der Waals surface area contributed by atoms with Crippen molar-refractivity contribution in [3.8, 4) is 0 Å². The average Bonchev–Trinajstić information content (AvgIpc) is 2.97. The van der Waals surface area contributed by atoms with E-state index in [0.717, 1.165) is 17.0 Å². The molecule has 0 aliphatic heterocycles. The molecule has 2 aromatic heterocycles. The average molecular weight is 298 g/mol. The fourth-order valence-corrected chi connectivity index (χ4v) is 2.75. The lowest BCUT2D eigenvalue weighted by Gasteiger charge is -2.06. The lowest BCUT2D eigenvalue weighted by Crippen LogP contribution is -2.16. The summed E-state index contributed by atoms with van der Waals surface area (Å²) in [5.74, 6) is 0. The van der Waals surface area contributed by atoms with Gasteiger partial charge in [0.2, 0.25) is 0 Å². The van der Waals surface area contributed by atoms with Crippen molar-refractivity contribution in [2.75, 3.05) is 0 Å². The van der Waals surface area contributed by atoms with Crippen LogP contribution in [0.3, 0.4) is 0 Å². The molecule has 0 aliphatic carbocycles. The number of halogens is 3. The Balaban J connectivity index is 2.10. The maximum Gasteiger partial charge on any atom is 0.416 e. The number of alkyl halides is 3. The van der Waals surface area contributed by atoms with Crippen LogP contribution in [-0.4, -0.2) is 9.55 Å². The van der Waals surface area contributed by atoms with Crippen LogP contribution in [0.4, 0.5) is 13.2 Å². The van der Waals surface area contributed by atoms with Crippen LogP contribution in [0, 0.1) is 0 Å². The van der Waals surface area contributed by atoms with Gasteiger partial charge < -0.3 is 4.98 Å². The molecule has 104 valence electrons. The maximum atomic E-state index is 12.6. The maximum absolute atomic E-state index is 12.6. The van der Waals surface area contributed by atoms with Gasteiger partial charge in [0.05, 0.1) is 23.1 Å². The van der Waals surface area contributed by atoms with Crippen molar-refractivity contribution in [2.45, 2.75) is 12.7 Å². The number of rotatable bonds is 2. The highest BCUT2D eigenvalue weighted by Gasteiger charge is 2.30. The van der Waals surface area contributed by atoms with Gasteiger partial charge in [0.1, 0.15) is 0 Å². The Kier molecular flexibility index (Phi) is 2.93. The molecule has 7 heteroatoms. The minimum absolute atomic E-state index is 0.196. The van der Waals surface area contributed by atoms with E-state index >= 15 is 0 Å². The number of hydrogen-bond acceptors (Lipinski definition) is 2. The minimum Gasteiger partial charge on any atom is -0.306 e. The summed E-state index contributed by atoms with van der Waals surface area (Å²) in [6.07, 6.45) is -4.42. The highest BCUT2D eigenvalue weighted by atomic mass is 32.1. The van der Waals surface area contributed by atoms with E-state index in [2.05, 4.69) is 4.98 Å². The number of thiophene rings is 1. The lowest BCUT2D eigenvalue weighted by atomic mass is 10.2. The van der Waals surface area contributed by atoms with Gasteiger partial charge in [0.15, 0.2) is 0 Å². The molecule has 0 bridgehead atoms. The lowest BCUT2D eigenvalue weighted by molar-refractivity contribution is -0.137. The van der Waals surface area contributed by atoms with E-state index in [-0.39, 0.29) is 5.52 Å². The first-order valence-corrected chi connectivity index (χ1v) is 6.65. The Labute approximate surface area is 115 Å². The topological polar surface area (TPSA) is 37.8 Å². The second-order valence-electron chi connectivity index (χ2n) is 4.33. The third-order valence-corrected chi connectivity index (χ3v) is 3.86. The van der Waals surface area contributed by atoms with Crippen LogP contribution < -0.4 is 5.69 Å². The third-order valence-electron chi connectivity index (χ3n) is 3.00. The van der Waals surface area contributed by atoms with E-state index < -0.39 is 17.4 Å². The molecular weight excluding hydrogens is 289 g/mol. The van der Waals surface area contributed by atoms with Gasteiger partial charge in [-0.15, -0.1) is 11.3 Å². The van der Waals surface area contributed by atoms with E-state index in [1.807, 2.05) is 17.5 Å². The molecule has 20 heavy (non-hydrogen) atoms. The molecule has 2 heterocycles. The molecule has 0 radical (unpaired) electrons. The second-order valence-corrected chi connectivity index (χ2v) is 5.36. The van der Waals surface area contributed by atoms with Gasteiger partial charge in [-0.05, 0) is 29.6 Å². The highest BCUT2D eigenvalue weighted by Crippen LogP contribution is 2.30. The van der Waals surface area contributed by atoms with Crippen molar-refractivity contribution in [1.82, 2.24) is 9.55 Å². The molecule has 0 atom stereocenters. The first kappa shape index (κ1) is 13.0. The Bertz CT molecular complexity index is 799. The van der Waals surface area contributed by atoms with Crippen molar-refractivity contribution in [1.29, 1.82) is 0 Å². The van der Waals surface area contributed by atoms with Crippen LogP contribution in [0.1, 0.15) is 10.4 Å². The van der Waals surface area contributed by atoms with Gasteiger partial charge in [-0.25, -0.2) is 4.79 Å². The summed E-state index contributed by atoms with van der Waals surface area (Å²) < 4.78 is 39.3. The third kappa shape index (κ3) is 2.24. The Hall–Kier alpha value is -2.02. The second kappa shape index (κ2) is 4.52. The van der Waals surface area contributed by atoms with E-state index in [1.165, 1.54) is 22.0 Å². The van der Waals surface area contributed by atoms with Gasteiger partial charge >= 0.3 is 11.9 Å². The van der Waals surface area contributed by atoms with Crippen molar-refractivity contribution >= 4 is 22.4 Å². The number of fused-ring (bicyclic) bond motifs is 1. The summed E-state index contributed by atoms with van der Waals surface area (Å²) in [6.45, 7) is 0.349. The van der Waals surface area contributed by atoms with Gasteiger partial charge in [0.25, 0.3) is 0 Å². The molecule has 1 aromatic carbocycles. The number of benzene rings is 1. The molecule has 0 spiro atoms. The molecule has 3 aromatic rings. The summed E-state index contributed by atoms with van der Waals surface area (Å²) in [6, 6.07) is 7.01. The van der Waals surface area contributed by atoms with Crippen molar-refractivity contribution in [2.24, 2.45) is 0 Å². The van der Waals surface area contributed by atoms with Gasteiger partial charge in [-0.2, -0.15) is 13.2 Å². The fraction of sp³-hybridized carbons (Fsp3) is 0.154. The molecule has 0 saturated heterocycles. The zero-order valence-corrected chi connectivity index (χ0v) is 10.9. The predicted molar refractivity (Wildman–Crippen MR) is 71.0 cm³/mol. The zero-order valence-electron chi connectivity index (χ0n) is 10.1. The van der Waals surface area contributed by atoms with Crippen LogP contribution in [0.2, 0.25) is 0 Å². The van der Waals surface area contributed by atoms with Crippen LogP contribution in [0.25, 0.3) is 11.0 Å². The van der Waals surface area contributed by atoms with Crippen LogP contribution in [-0.2, 0) is 12.7 Å². The standard InChI is InChI=1S/C13H9F3N2OS/c14-13(15,16)8-3-4-11-10(6-8)17-12(19)18(11)7-9-2-1-5-20-9/h1-6H,7H2,(H,17,19). The van der Waals surface area contributed by atoms with Crippen LogP contribution in [0.5, 0.6) is 0 Å². The monoisotopic (exact) mass is 298 g/mol. The summed E-state index contributed by atoms with van der Waals surface area (Å²) in [5.41, 5.74) is -0.514. The molecule has 0 aliphatic rings. The molecule has 3 nitrogen and oxygen atoms in total. The quantitative estimate of drug-likeness (QED) is 0.773. The largest absolute Gasteiger partial charge is 0.416 e. The Morgan fingerprint density at radius 3 is 2.70 bits per heavy atom. The number of nitrogens with zero attached hydrogens (tertiary/aromatic N) is 1. The zero-order chi connectivity index (χ0) is 14.3. The van der Waals surface area contributed by atoms with Crippen molar-refractivity contribution in [3.05, 3.63) is 56.6 Å². The molecular formula is C13H9F3N2OS. The van der Waals surface area contributed by atoms with Crippen molar-refractivity contribution < 1.29 is 13.2 Å². The number of imidazole rings is 1. The number of H-pyrrole nitrogens is 1. The SMILES string of the molecule is O=c1[nH]c2cc(C(F)(F)F)ccc2n1Cc1cccs1. The summed E-state index contributed by atoms with van der Waals surface area (Å²) in [4.78, 5) is 15.3. The molecule has 3 rings (SSSR count). The summed E-state index contributed by atoms with van der Waals surface area (Å²) in [7, 11) is 0. The van der Waals surface area contributed by atoms with E-state index in [4.69, 9.17) is 0 Å². The van der Waals surface area contributed by atoms with E-state index in [9.17, 15) is 18.0 Å². The Morgan fingerprint density at radius 1 is 1.25 bits per heavy atom. The Morgan fingerprint density at radius 2 is 2.05 bits per heavy atom.